The maximum atomic E-state index is 6.21. The van der Waals surface area contributed by atoms with Gasteiger partial charge < -0.3 is 10.2 Å². The van der Waals surface area contributed by atoms with Crippen LogP contribution in [0.5, 0.6) is 0 Å². The fourth-order valence-corrected chi connectivity index (χ4v) is 3.35. The maximum absolute atomic E-state index is 6.21. The first-order valence-corrected chi connectivity index (χ1v) is 8.31. The third-order valence-corrected chi connectivity index (χ3v) is 4.57. The van der Waals surface area contributed by atoms with Crippen molar-refractivity contribution in [1.29, 1.82) is 0 Å². The Morgan fingerprint density at radius 3 is 2.75 bits per heavy atom. The van der Waals surface area contributed by atoms with Gasteiger partial charge in [0.25, 0.3) is 0 Å². The average molecular weight is 337 g/mol. The summed E-state index contributed by atoms with van der Waals surface area (Å²) in [5.74, 6) is 1.61. The van der Waals surface area contributed by atoms with Gasteiger partial charge in [-0.3, -0.25) is 0 Å². The minimum Gasteiger partial charge on any atom is -0.339 e. The predicted octanol–water partition coefficient (Wildman–Crippen LogP) is 4.96. The summed E-state index contributed by atoms with van der Waals surface area (Å²) in [4.78, 5) is 11.1. The van der Waals surface area contributed by atoms with E-state index >= 15 is 0 Å². The molecule has 1 aliphatic rings. The largest absolute Gasteiger partial charge is 0.339 e. The quantitative estimate of drug-likeness (QED) is 0.734. The number of fused-ring (bicyclic) bond motifs is 1. The van der Waals surface area contributed by atoms with E-state index in [0.29, 0.717) is 11.1 Å². The molecule has 3 aromatic rings. The van der Waals surface area contributed by atoms with Crippen LogP contribution in [0.15, 0.2) is 60.9 Å². The van der Waals surface area contributed by atoms with Crippen LogP contribution in [-0.4, -0.2) is 16.0 Å². The summed E-state index contributed by atoms with van der Waals surface area (Å²) < 4.78 is 0. The fourth-order valence-electron chi connectivity index (χ4n) is 3.16. The van der Waals surface area contributed by atoms with Gasteiger partial charge in [0.05, 0.1) is 10.7 Å². The molecule has 5 heteroatoms. The van der Waals surface area contributed by atoms with Gasteiger partial charge >= 0.3 is 0 Å². The third kappa shape index (κ3) is 2.69. The minimum absolute atomic E-state index is 0.366. The number of benzene rings is 2. The molecule has 0 radical (unpaired) electrons. The molecule has 2 heterocycles. The summed E-state index contributed by atoms with van der Waals surface area (Å²) in [6, 6.07) is 18.4. The lowest BCUT2D eigenvalue weighted by molar-refractivity contribution is 0.749. The molecule has 0 bridgehead atoms. The van der Waals surface area contributed by atoms with E-state index in [1.165, 1.54) is 11.3 Å². The Hall–Kier alpha value is -2.59. The van der Waals surface area contributed by atoms with Gasteiger partial charge in [0.1, 0.15) is 18.0 Å². The summed E-state index contributed by atoms with van der Waals surface area (Å²) in [7, 11) is 0. The van der Waals surface area contributed by atoms with Gasteiger partial charge in [-0.05, 0) is 37.1 Å². The lowest BCUT2D eigenvalue weighted by Crippen LogP contribution is -2.24. The zero-order chi connectivity index (χ0) is 16.5. The van der Waals surface area contributed by atoms with Crippen molar-refractivity contribution >= 4 is 34.6 Å². The normalized spacial score (nSPS) is 16.1. The van der Waals surface area contributed by atoms with Crippen molar-refractivity contribution < 1.29 is 0 Å². The van der Waals surface area contributed by atoms with Crippen LogP contribution >= 0.6 is 11.6 Å². The van der Waals surface area contributed by atoms with Crippen molar-refractivity contribution in [2.75, 3.05) is 10.2 Å². The number of anilines is 4. The van der Waals surface area contributed by atoms with E-state index in [-0.39, 0.29) is 0 Å². The highest BCUT2D eigenvalue weighted by Crippen LogP contribution is 2.37. The Morgan fingerprint density at radius 2 is 1.88 bits per heavy atom. The molecule has 1 atom stereocenters. The Balaban J connectivity index is 1.67. The van der Waals surface area contributed by atoms with Gasteiger partial charge in [0, 0.05) is 17.8 Å². The number of nitrogens with one attached hydrogen (secondary N) is 1. The monoisotopic (exact) mass is 336 g/mol. The molecule has 0 saturated heterocycles. The van der Waals surface area contributed by atoms with E-state index in [1.807, 2.05) is 30.3 Å². The standard InChI is InChI=1S/C19H17ClN4/c1-13-10-14-6-2-5-9-17(14)24(13)19-11-18(21-12-22-19)23-16-8-4-3-7-15(16)20/h2-9,11-13H,10H2,1H3,(H,21,22,23). The van der Waals surface area contributed by atoms with Crippen molar-refractivity contribution in [2.24, 2.45) is 0 Å². The fraction of sp³-hybridized carbons (Fsp3) is 0.158. The summed E-state index contributed by atoms with van der Waals surface area (Å²) >= 11 is 6.21. The van der Waals surface area contributed by atoms with E-state index in [2.05, 4.69) is 51.4 Å². The molecule has 1 aromatic heterocycles. The van der Waals surface area contributed by atoms with Crippen LogP contribution in [0.4, 0.5) is 23.0 Å². The lowest BCUT2D eigenvalue weighted by Gasteiger charge is -2.24. The Labute approximate surface area is 146 Å². The Bertz CT molecular complexity index is 881. The van der Waals surface area contributed by atoms with Gasteiger partial charge in [0.2, 0.25) is 0 Å². The summed E-state index contributed by atoms with van der Waals surface area (Å²) in [5, 5.41) is 3.93. The van der Waals surface area contributed by atoms with Gasteiger partial charge in [0.15, 0.2) is 0 Å². The van der Waals surface area contributed by atoms with Crippen LogP contribution in [0, 0.1) is 0 Å². The molecule has 4 rings (SSSR count). The molecule has 2 aromatic carbocycles. The zero-order valence-corrected chi connectivity index (χ0v) is 14.0. The van der Waals surface area contributed by atoms with Crippen molar-refractivity contribution in [3.8, 4) is 0 Å². The molecule has 1 unspecified atom stereocenters. The molecular formula is C19H17ClN4. The first kappa shape index (κ1) is 15.0. The average Bonchev–Trinajstić information content (AvgIpc) is 2.93. The Morgan fingerprint density at radius 1 is 1.08 bits per heavy atom. The maximum Gasteiger partial charge on any atom is 0.138 e. The predicted molar refractivity (Wildman–Crippen MR) is 98.5 cm³/mol. The van der Waals surface area contributed by atoms with Gasteiger partial charge in [-0.15, -0.1) is 0 Å². The van der Waals surface area contributed by atoms with Crippen LogP contribution in [0.2, 0.25) is 5.02 Å². The number of rotatable bonds is 3. The Kier molecular flexibility index (Phi) is 3.82. The van der Waals surface area contributed by atoms with Crippen molar-refractivity contribution in [3.63, 3.8) is 0 Å². The number of nitrogens with zero attached hydrogens (tertiary/aromatic N) is 3. The molecule has 0 saturated carbocycles. The van der Waals surface area contributed by atoms with E-state index in [9.17, 15) is 0 Å². The number of hydrogen-bond acceptors (Lipinski definition) is 4. The number of halogens is 1. The molecular weight excluding hydrogens is 320 g/mol. The molecule has 0 amide bonds. The second-order valence-electron chi connectivity index (χ2n) is 5.92. The SMILES string of the molecule is CC1Cc2ccccc2N1c1cc(Nc2ccccc2Cl)ncn1. The van der Waals surface area contributed by atoms with Crippen LogP contribution in [-0.2, 0) is 6.42 Å². The smallest absolute Gasteiger partial charge is 0.138 e. The van der Waals surface area contributed by atoms with E-state index in [0.717, 1.165) is 23.7 Å². The first-order chi connectivity index (χ1) is 11.7. The van der Waals surface area contributed by atoms with E-state index in [4.69, 9.17) is 11.6 Å². The molecule has 4 nitrogen and oxygen atoms in total. The molecule has 0 fully saturated rings. The van der Waals surface area contributed by atoms with Crippen molar-refractivity contribution in [3.05, 3.63) is 71.5 Å². The van der Waals surface area contributed by atoms with Gasteiger partial charge in [-0.1, -0.05) is 41.9 Å². The van der Waals surface area contributed by atoms with E-state index in [1.54, 1.807) is 6.33 Å². The van der Waals surface area contributed by atoms with Crippen molar-refractivity contribution in [2.45, 2.75) is 19.4 Å². The molecule has 1 aliphatic heterocycles. The number of aromatic nitrogens is 2. The third-order valence-electron chi connectivity index (χ3n) is 4.24. The minimum atomic E-state index is 0.366. The first-order valence-electron chi connectivity index (χ1n) is 7.93. The topological polar surface area (TPSA) is 41.0 Å². The number of para-hydroxylation sites is 2. The highest BCUT2D eigenvalue weighted by atomic mass is 35.5. The van der Waals surface area contributed by atoms with Crippen LogP contribution in [0.1, 0.15) is 12.5 Å². The molecule has 0 spiro atoms. The van der Waals surface area contributed by atoms with Crippen molar-refractivity contribution in [1.82, 2.24) is 9.97 Å². The van der Waals surface area contributed by atoms with Crippen LogP contribution in [0.3, 0.4) is 0 Å². The van der Waals surface area contributed by atoms with Gasteiger partial charge in [-0.25, -0.2) is 9.97 Å². The van der Waals surface area contributed by atoms with Crippen LogP contribution in [0.25, 0.3) is 0 Å². The number of hydrogen-bond donors (Lipinski definition) is 1. The molecule has 1 N–H and O–H groups in total. The second kappa shape index (κ2) is 6.13. The van der Waals surface area contributed by atoms with Gasteiger partial charge in [-0.2, -0.15) is 0 Å². The van der Waals surface area contributed by atoms with Crippen LogP contribution < -0.4 is 10.2 Å². The summed E-state index contributed by atoms with van der Waals surface area (Å²) in [5.41, 5.74) is 3.40. The molecule has 0 aliphatic carbocycles. The molecule has 24 heavy (non-hydrogen) atoms. The summed E-state index contributed by atoms with van der Waals surface area (Å²) in [6.45, 7) is 2.21. The zero-order valence-electron chi connectivity index (χ0n) is 13.3. The van der Waals surface area contributed by atoms with E-state index < -0.39 is 0 Å². The highest BCUT2D eigenvalue weighted by Gasteiger charge is 2.27. The second-order valence-corrected chi connectivity index (χ2v) is 6.33. The summed E-state index contributed by atoms with van der Waals surface area (Å²) in [6.07, 6.45) is 2.61. The molecule has 120 valence electrons. The lowest BCUT2D eigenvalue weighted by atomic mass is 10.1. The highest BCUT2D eigenvalue weighted by molar-refractivity contribution is 6.33.